The third kappa shape index (κ3) is 3.31. The van der Waals surface area contributed by atoms with Crippen LogP contribution in [0.5, 0.6) is 0 Å². The predicted octanol–water partition coefficient (Wildman–Crippen LogP) is 3.61. The van der Waals surface area contributed by atoms with Gasteiger partial charge in [0.15, 0.2) is 11.6 Å². The number of anilines is 1. The van der Waals surface area contributed by atoms with Crippen LogP contribution < -0.4 is 4.90 Å². The van der Waals surface area contributed by atoms with E-state index in [0.29, 0.717) is 0 Å². The molecule has 1 aliphatic rings. The van der Waals surface area contributed by atoms with Gasteiger partial charge in [-0.3, -0.25) is 9.69 Å². The molecular weight excluding hydrogens is 374 g/mol. The number of carboxylic acid groups (broad SMARTS) is 1. The number of carbonyl (C=O) groups excluding carboxylic acids is 1. The fourth-order valence-electron chi connectivity index (χ4n) is 2.81. The Morgan fingerprint density at radius 2 is 1.87 bits per heavy atom. The van der Waals surface area contributed by atoms with Gasteiger partial charge in [0, 0.05) is 16.6 Å². The number of nitrogens with zero attached hydrogens (tertiary/aromatic N) is 2. The Bertz CT molecular complexity index is 638. The fourth-order valence-corrected chi connectivity index (χ4v) is 3.21. The Morgan fingerprint density at radius 1 is 1.35 bits per heavy atom. The van der Waals surface area contributed by atoms with E-state index in [1.54, 1.807) is 20.8 Å². The topological polar surface area (TPSA) is 60.9 Å². The minimum absolute atomic E-state index is 0.0544. The van der Waals surface area contributed by atoms with Crippen LogP contribution in [0, 0.1) is 11.6 Å². The molecule has 0 radical (unpaired) electrons. The van der Waals surface area contributed by atoms with E-state index in [1.165, 1.54) is 0 Å². The predicted molar refractivity (Wildman–Crippen MR) is 84.4 cm³/mol. The first kappa shape index (κ1) is 17.7. The van der Waals surface area contributed by atoms with Gasteiger partial charge in [0.25, 0.3) is 0 Å². The summed E-state index contributed by atoms with van der Waals surface area (Å²) in [5.41, 5.74) is -1.25. The smallest absolute Gasteiger partial charge is 0.408 e. The average molecular weight is 391 g/mol. The van der Waals surface area contributed by atoms with Crippen molar-refractivity contribution < 1.29 is 23.5 Å². The fraction of sp³-hybridized carbons (Fsp3) is 0.467. The summed E-state index contributed by atoms with van der Waals surface area (Å²) in [4.78, 5) is 26.1. The lowest BCUT2D eigenvalue weighted by molar-refractivity contribution is -0.122. The average Bonchev–Trinajstić information content (AvgIpc) is 2.69. The van der Waals surface area contributed by atoms with Crippen molar-refractivity contribution >= 4 is 33.6 Å². The Morgan fingerprint density at radius 3 is 2.30 bits per heavy atom. The molecular formula is C15H17BrF2N2O3. The lowest BCUT2D eigenvalue weighted by Crippen LogP contribution is -2.54. The summed E-state index contributed by atoms with van der Waals surface area (Å²) < 4.78 is 28.4. The summed E-state index contributed by atoms with van der Waals surface area (Å²) in [5, 5.41) is 9.39. The molecule has 1 heterocycles. The standard InChI is InChI=1S/C15H17BrF2N2O3/c1-15(2,3)20(14(22)23)11-4-5-19(13(11)21)12-9(17)6-8(16)7-10(12)18/h6-7,11H,4-5H2,1-3H3,(H,22,23). The molecule has 1 aromatic rings. The molecule has 1 fully saturated rings. The highest BCUT2D eigenvalue weighted by atomic mass is 79.9. The zero-order valence-electron chi connectivity index (χ0n) is 12.9. The molecule has 1 unspecified atom stereocenters. The van der Waals surface area contributed by atoms with Gasteiger partial charge in [-0.1, -0.05) is 15.9 Å². The summed E-state index contributed by atoms with van der Waals surface area (Å²) in [6.07, 6.45) is -1.06. The summed E-state index contributed by atoms with van der Waals surface area (Å²) >= 11 is 2.98. The van der Waals surface area contributed by atoms with Gasteiger partial charge in [-0.05, 0) is 39.3 Å². The maximum atomic E-state index is 14.1. The molecule has 0 aliphatic carbocycles. The molecule has 1 aromatic carbocycles. The number of carbonyl (C=O) groups is 2. The van der Waals surface area contributed by atoms with Crippen molar-refractivity contribution in [1.82, 2.24) is 4.90 Å². The van der Waals surface area contributed by atoms with Gasteiger partial charge >= 0.3 is 6.09 Å². The van der Waals surface area contributed by atoms with Crippen molar-refractivity contribution in [2.75, 3.05) is 11.4 Å². The number of amides is 2. The van der Waals surface area contributed by atoms with Gasteiger partial charge in [-0.15, -0.1) is 0 Å². The van der Waals surface area contributed by atoms with Gasteiger partial charge in [0.2, 0.25) is 5.91 Å². The summed E-state index contributed by atoms with van der Waals surface area (Å²) in [6.45, 7) is 5.05. The molecule has 1 atom stereocenters. The van der Waals surface area contributed by atoms with E-state index >= 15 is 0 Å². The Balaban J connectivity index is 2.38. The van der Waals surface area contributed by atoms with Crippen molar-refractivity contribution in [2.45, 2.75) is 38.8 Å². The zero-order valence-corrected chi connectivity index (χ0v) is 14.5. The molecule has 0 aromatic heterocycles. The van der Waals surface area contributed by atoms with Gasteiger partial charge in [-0.2, -0.15) is 0 Å². The lowest BCUT2D eigenvalue weighted by Gasteiger charge is -2.36. The number of rotatable bonds is 2. The first-order valence-corrected chi connectivity index (χ1v) is 7.81. The minimum atomic E-state index is -1.24. The Kier molecular flexibility index (Phi) is 4.66. The molecule has 1 N–H and O–H groups in total. The highest BCUT2D eigenvalue weighted by Gasteiger charge is 2.44. The molecule has 1 aliphatic heterocycles. The van der Waals surface area contributed by atoms with E-state index in [4.69, 9.17) is 0 Å². The zero-order chi connectivity index (χ0) is 17.5. The van der Waals surface area contributed by atoms with E-state index < -0.39 is 40.9 Å². The van der Waals surface area contributed by atoms with Crippen LogP contribution >= 0.6 is 15.9 Å². The molecule has 2 rings (SSSR count). The van der Waals surface area contributed by atoms with E-state index in [1.807, 2.05) is 0 Å². The van der Waals surface area contributed by atoms with Gasteiger partial charge in [0.1, 0.15) is 11.7 Å². The molecule has 8 heteroatoms. The number of hydrogen-bond acceptors (Lipinski definition) is 2. The van der Waals surface area contributed by atoms with Crippen molar-refractivity contribution in [3.05, 3.63) is 28.2 Å². The van der Waals surface area contributed by atoms with E-state index in [9.17, 15) is 23.5 Å². The third-order valence-corrected chi connectivity index (χ3v) is 4.13. The maximum Gasteiger partial charge on any atom is 0.408 e. The number of hydrogen-bond donors (Lipinski definition) is 1. The molecule has 2 amide bonds. The van der Waals surface area contributed by atoms with Gasteiger partial charge in [0.05, 0.1) is 0 Å². The van der Waals surface area contributed by atoms with E-state index in [2.05, 4.69) is 15.9 Å². The summed E-state index contributed by atoms with van der Waals surface area (Å²) in [6, 6.07) is 1.17. The lowest BCUT2D eigenvalue weighted by atomic mass is 10.0. The molecule has 0 saturated carbocycles. The SMILES string of the molecule is CC(C)(C)N(C(=O)O)C1CCN(c2c(F)cc(Br)cc2F)C1=O. The van der Waals surface area contributed by atoms with Crippen LogP contribution in [0.4, 0.5) is 19.3 Å². The second-order valence-electron chi connectivity index (χ2n) is 6.34. The van der Waals surface area contributed by atoms with Crippen LogP contribution in [0.15, 0.2) is 16.6 Å². The minimum Gasteiger partial charge on any atom is -0.465 e. The normalized spacial score (nSPS) is 18.4. The largest absolute Gasteiger partial charge is 0.465 e. The van der Waals surface area contributed by atoms with Gasteiger partial charge < -0.3 is 10.0 Å². The van der Waals surface area contributed by atoms with E-state index in [-0.39, 0.29) is 17.4 Å². The molecule has 1 saturated heterocycles. The third-order valence-electron chi connectivity index (χ3n) is 3.67. The van der Waals surface area contributed by atoms with Crippen molar-refractivity contribution in [3.63, 3.8) is 0 Å². The monoisotopic (exact) mass is 390 g/mol. The molecule has 126 valence electrons. The Labute approximate surface area is 141 Å². The van der Waals surface area contributed by atoms with Crippen LogP contribution in [0.3, 0.4) is 0 Å². The molecule has 0 bridgehead atoms. The number of benzene rings is 1. The molecule has 5 nitrogen and oxygen atoms in total. The van der Waals surface area contributed by atoms with Crippen molar-refractivity contribution in [2.24, 2.45) is 0 Å². The summed E-state index contributed by atoms with van der Waals surface area (Å²) in [7, 11) is 0. The van der Waals surface area contributed by atoms with Crippen LogP contribution in [0.2, 0.25) is 0 Å². The number of halogens is 3. The van der Waals surface area contributed by atoms with Crippen molar-refractivity contribution in [1.29, 1.82) is 0 Å². The highest BCUT2D eigenvalue weighted by molar-refractivity contribution is 9.10. The van der Waals surface area contributed by atoms with Crippen LogP contribution in [0.1, 0.15) is 27.2 Å². The highest BCUT2D eigenvalue weighted by Crippen LogP contribution is 2.33. The quantitative estimate of drug-likeness (QED) is 0.838. The first-order chi connectivity index (χ1) is 10.5. The van der Waals surface area contributed by atoms with E-state index in [0.717, 1.165) is 21.9 Å². The maximum absolute atomic E-state index is 14.1. The van der Waals surface area contributed by atoms with Crippen molar-refractivity contribution in [3.8, 4) is 0 Å². The second-order valence-corrected chi connectivity index (χ2v) is 7.25. The molecule has 0 spiro atoms. The van der Waals surface area contributed by atoms with Crippen LogP contribution in [-0.4, -0.2) is 40.1 Å². The van der Waals surface area contributed by atoms with Crippen LogP contribution in [0.25, 0.3) is 0 Å². The molecule has 23 heavy (non-hydrogen) atoms. The summed E-state index contributed by atoms with van der Waals surface area (Å²) in [5.74, 6) is -2.37. The second kappa shape index (κ2) is 6.07. The first-order valence-electron chi connectivity index (χ1n) is 7.02. The Hall–Kier alpha value is -1.70. The van der Waals surface area contributed by atoms with Gasteiger partial charge in [-0.25, -0.2) is 13.6 Å². The van der Waals surface area contributed by atoms with Crippen LogP contribution in [-0.2, 0) is 4.79 Å².